The minimum atomic E-state index is 0.655. The van der Waals surface area contributed by atoms with Crippen LogP contribution in [0.3, 0.4) is 0 Å². The number of rotatable bonds is 17. The monoisotopic (exact) mass is 1910 g/mol. The zero-order valence-corrected chi connectivity index (χ0v) is 81.7. The van der Waals surface area contributed by atoms with E-state index in [9.17, 15) is 0 Å². The van der Waals surface area contributed by atoms with E-state index in [1.54, 1.807) is 0 Å². The number of hydrogen-bond donors (Lipinski definition) is 0. The Morgan fingerprint density at radius 3 is 0.547 bits per heavy atom. The number of fused-ring (bicyclic) bond motifs is 9. The highest BCUT2D eigenvalue weighted by Crippen LogP contribution is 2.53. The topological polar surface area (TPSA) is 90.2 Å². The summed E-state index contributed by atoms with van der Waals surface area (Å²) < 4.78 is 0. The molecule has 0 saturated carbocycles. The Kier molecular flexibility index (Phi) is 22.9. The normalized spacial score (nSPS) is 11.5. The maximum Gasteiger partial charge on any atom is 0.164 e. The number of hydrogen-bond acceptors (Lipinski definition) is 7. The Morgan fingerprint density at radius 2 is 0.260 bits per heavy atom. The molecule has 0 bridgehead atoms. The highest BCUT2D eigenvalue weighted by Gasteiger charge is 2.28. The number of benzene rings is 23. The Morgan fingerprint density at radius 1 is 0.0867 bits per heavy atom. The van der Waals surface area contributed by atoms with E-state index in [1.165, 1.54) is 166 Å². The quantitative estimate of drug-likeness (QED) is 0.0897. The Labute approximate surface area is 870 Å². The Balaban J connectivity index is 0.000000111. The van der Waals surface area contributed by atoms with Gasteiger partial charge in [0.25, 0.3) is 0 Å². The van der Waals surface area contributed by atoms with E-state index < -0.39 is 0 Å². The highest BCUT2D eigenvalue weighted by atomic mass is 15.0. The van der Waals surface area contributed by atoms with Gasteiger partial charge >= 0.3 is 0 Å². The third kappa shape index (κ3) is 17.1. The first kappa shape index (κ1) is 88.9. The lowest BCUT2D eigenvalue weighted by atomic mass is 9.94. The summed E-state index contributed by atoms with van der Waals surface area (Å²) in [5.74, 6) is 3.40. The minimum absolute atomic E-state index is 0.655. The van der Waals surface area contributed by atoms with Crippen LogP contribution in [-0.4, -0.2) is 34.9 Å². The molecule has 0 radical (unpaired) electrons. The third-order valence-corrected chi connectivity index (χ3v) is 29.3. The van der Waals surface area contributed by atoms with Gasteiger partial charge < -0.3 is 0 Å². The van der Waals surface area contributed by atoms with Crippen molar-refractivity contribution in [2.24, 2.45) is 0 Å². The molecule has 0 amide bonds. The van der Waals surface area contributed by atoms with Gasteiger partial charge in [-0.25, -0.2) is 34.9 Å². The second-order valence-electron chi connectivity index (χ2n) is 38.5. The van der Waals surface area contributed by atoms with Crippen LogP contribution in [0, 0.1) is 0 Å². The van der Waals surface area contributed by atoms with Gasteiger partial charge in [0.2, 0.25) is 0 Å². The zero-order valence-electron chi connectivity index (χ0n) is 81.7. The molecule has 0 unspecified atom stereocenters. The predicted molar refractivity (Wildman–Crippen MR) is 622 cm³/mol. The summed E-state index contributed by atoms with van der Waals surface area (Å²) in [6.45, 7) is 0. The largest absolute Gasteiger partial charge is 0.228 e. The average Bonchev–Trinajstić information content (AvgIpc) is 1.59. The van der Waals surface area contributed by atoms with Gasteiger partial charge in [0.05, 0.1) is 22.8 Å². The highest BCUT2D eigenvalue weighted by molar-refractivity contribution is 6.19. The number of nitrogens with zero attached hydrogens (tertiary/aromatic N) is 7. The molecule has 0 saturated heterocycles. The molecule has 0 aliphatic heterocycles. The van der Waals surface area contributed by atoms with Crippen molar-refractivity contribution in [3.05, 3.63) is 552 Å². The van der Waals surface area contributed by atoms with Crippen molar-refractivity contribution in [1.29, 1.82) is 0 Å². The molecule has 150 heavy (non-hydrogen) atoms. The van der Waals surface area contributed by atoms with E-state index in [4.69, 9.17) is 34.9 Å². The van der Waals surface area contributed by atoms with Gasteiger partial charge in [-0.15, -0.1) is 0 Å². The van der Waals surface area contributed by atoms with Gasteiger partial charge in [-0.3, -0.25) is 0 Å². The van der Waals surface area contributed by atoms with Crippen molar-refractivity contribution in [3.63, 3.8) is 0 Å². The predicted octanol–water partition coefficient (Wildman–Crippen LogP) is 37.6. The van der Waals surface area contributed by atoms with Gasteiger partial charge in [-0.05, 0) is 261 Å². The van der Waals surface area contributed by atoms with Crippen molar-refractivity contribution < 1.29 is 0 Å². The van der Waals surface area contributed by atoms with Crippen LogP contribution in [0.2, 0.25) is 0 Å². The van der Waals surface area contributed by atoms with Crippen LogP contribution >= 0.6 is 0 Å². The van der Waals surface area contributed by atoms with Gasteiger partial charge in [-0.1, -0.05) is 479 Å². The fourth-order valence-corrected chi connectivity index (χ4v) is 21.9. The van der Waals surface area contributed by atoms with Crippen molar-refractivity contribution in [1.82, 2.24) is 34.9 Å². The maximum atomic E-state index is 5.09. The molecule has 26 aromatic rings. The molecule has 3 heterocycles. The molecule has 3 aromatic heterocycles. The van der Waals surface area contributed by atoms with Crippen molar-refractivity contribution in [2.75, 3.05) is 0 Å². The average molecular weight is 1910 g/mol. The van der Waals surface area contributed by atoms with E-state index >= 15 is 0 Å². The molecule has 3 aliphatic rings. The molecule has 0 atom stereocenters. The SMILES string of the molecule is c1ccc(-c2ccc(-c3cc(-c4ccc(-c5cccc(-c6cc7c8c(cccc8c6)-c6ccccc6-7)c5)cc4)nc(-c4ccccc4)n3)cc2)cc1.c1ccc(-c2cccc(-c3cc(-c4ccc(-c5cccc(-c6cc7c8c(cccc8c6)-c6ccccc6-7)c5)cc4)nc(-c4ccccc4)n3)c2)cc1.c1ccc(-c2nc(-c3ccccc3)nc(-c3ccc(-c4cccc(-c5cc6c7c(cccc7c5)-c5ccccc5-6)c4)cc3)n2)cc1. The molecule has 7 nitrogen and oxygen atoms in total. The number of aromatic nitrogens is 7. The van der Waals surface area contributed by atoms with Crippen molar-refractivity contribution in [3.8, 4) is 258 Å². The standard InChI is InChI=1S/2C50H32N2.C43H27N3/c1-3-12-33(13-4-1)38-17-10-19-40(29-38)48-32-47(51-50(52-48)36-14-5-2-6-15-36)35-26-24-34(25-27-35)37-16-9-18-39(28-37)42-30-41-20-11-23-45-43-21-7-8-22-44(43)46(31-42)49(41)45;1-3-11-33(12-4-1)34-21-25-36(26-22-34)47-32-48(52-50(51-47)38-13-5-2-6-14-38)37-27-23-35(24-28-37)39-15-9-16-40(29-39)42-30-41-17-10-20-45-43-18-7-8-19-44(43)46(31-42)49(41)45;1-3-11-29(12-4-1)41-44-42(30-13-5-2-6-14-30)46-43(45-41)31-23-21-28(22-24-31)32-15-9-16-33(25-32)35-26-34-17-10-20-38-36-18-7-8-19-37(36)39(27-35)40(34)38/h2*1-32H;1-27H. The fourth-order valence-electron chi connectivity index (χ4n) is 21.9. The van der Waals surface area contributed by atoms with E-state index in [0.29, 0.717) is 29.1 Å². The van der Waals surface area contributed by atoms with E-state index in [2.05, 4.69) is 443 Å². The molecule has 23 aromatic carbocycles. The third-order valence-electron chi connectivity index (χ3n) is 29.3. The van der Waals surface area contributed by atoms with Crippen molar-refractivity contribution in [2.45, 2.75) is 0 Å². The first-order valence-corrected chi connectivity index (χ1v) is 51.0. The second-order valence-corrected chi connectivity index (χ2v) is 38.5. The van der Waals surface area contributed by atoms with Gasteiger partial charge in [-0.2, -0.15) is 0 Å². The van der Waals surface area contributed by atoms with E-state index in [-0.39, 0.29) is 0 Å². The summed E-state index contributed by atoms with van der Waals surface area (Å²) in [7, 11) is 0. The van der Waals surface area contributed by atoms with Crippen LogP contribution in [0.5, 0.6) is 0 Å². The summed E-state index contributed by atoms with van der Waals surface area (Å²) in [6, 6.07) is 196. The van der Waals surface area contributed by atoms with E-state index in [0.717, 1.165) is 95.1 Å². The molecule has 3 aliphatic carbocycles. The van der Waals surface area contributed by atoms with Crippen LogP contribution in [0.25, 0.3) is 290 Å². The van der Waals surface area contributed by atoms with Gasteiger partial charge in [0.15, 0.2) is 29.1 Å². The van der Waals surface area contributed by atoms with Crippen LogP contribution in [0.4, 0.5) is 0 Å². The van der Waals surface area contributed by atoms with E-state index in [1.807, 2.05) is 109 Å². The van der Waals surface area contributed by atoms with Crippen LogP contribution in [-0.2, 0) is 0 Å². The first-order chi connectivity index (χ1) is 74.3. The molecule has 0 N–H and O–H groups in total. The molecular weight excluding hydrogens is 1820 g/mol. The smallest absolute Gasteiger partial charge is 0.164 e. The van der Waals surface area contributed by atoms with Crippen molar-refractivity contribution >= 4 is 32.3 Å². The first-order valence-electron chi connectivity index (χ1n) is 51.0. The summed E-state index contributed by atoms with van der Waals surface area (Å²) in [5, 5.41) is 7.89. The fraction of sp³-hybridized carbons (Fsp3) is 0. The molecule has 0 spiro atoms. The Hall–Kier alpha value is -20.0. The van der Waals surface area contributed by atoms with Crippen LogP contribution in [0.1, 0.15) is 0 Å². The summed E-state index contributed by atoms with van der Waals surface area (Å²) >= 11 is 0. The molecule has 29 rings (SSSR count). The van der Waals surface area contributed by atoms with Gasteiger partial charge in [0.1, 0.15) is 0 Å². The molecule has 7 heteroatoms. The maximum absolute atomic E-state index is 5.09. The second kappa shape index (κ2) is 38.6. The lowest BCUT2D eigenvalue weighted by Crippen LogP contribution is -2.00. The molecule has 0 fully saturated rings. The van der Waals surface area contributed by atoms with Gasteiger partial charge in [0, 0.05) is 50.1 Å². The Bertz CT molecular complexity index is 9620. The van der Waals surface area contributed by atoms with Crippen LogP contribution in [0.15, 0.2) is 552 Å². The molecule has 698 valence electrons. The summed E-state index contributed by atoms with van der Waals surface area (Å²) in [6.07, 6.45) is 0. The summed E-state index contributed by atoms with van der Waals surface area (Å²) in [5.41, 5.74) is 47.5. The zero-order chi connectivity index (χ0) is 99.3. The lowest BCUT2D eigenvalue weighted by molar-refractivity contribution is 1.07. The lowest BCUT2D eigenvalue weighted by Gasteiger charge is -2.12. The molecular formula is C143H91N7. The summed E-state index contributed by atoms with van der Waals surface area (Å²) in [4.78, 5) is 34.9. The minimum Gasteiger partial charge on any atom is -0.228 e. The van der Waals surface area contributed by atoms with Crippen LogP contribution < -0.4 is 0 Å².